The van der Waals surface area contributed by atoms with Crippen LogP contribution in [0.2, 0.25) is 0 Å². The highest BCUT2D eigenvalue weighted by Crippen LogP contribution is 2.31. The highest BCUT2D eigenvalue weighted by Gasteiger charge is 2.09. The number of rotatable bonds is 4. The van der Waals surface area contributed by atoms with Crippen molar-refractivity contribution in [2.75, 3.05) is 11.4 Å². The van der Waals surface area contributed by atoms with Crippen LogP contribution >= 0.6 is 11.3 Å². The molecule has 0 saturated carbocycles. The lowest BCUT2D eigenvalue weighted by atomic mass is 10.2. The fraction of sp³-hybridized carbons (Fsp3) is 0.214. The molecule has 2 rings (SSSR count). The second-order valence-corrected chi connectivity index (χ2v) is 4.97. The average molecular weight is 245 g/mol. The van der Waals surface area contributed by atoms with E-state index in [1.165, 1.54) is 16.9 Å². The molecule has 0 N–H and O–H groups in total. The summed E-state index contributed by atoms with van der Waals surface area (Å²) in [6.45, 7) is 5.08. The van der Waals surface area contributed by atoms with Crippen molar-refractivity contribution < 1.29 is 4.79 Å². The fourth-order valence-corrected chi connectivity index (χ4v) is 2.65. The van der Waals surface area contributed by atoms with Crippen molar-refractivity contribution >= 4 is 28.3 Å². The van der Waals surface area contributed by atoms with Crippen LogP contribution in [-0.2, 0) is 0 Å². The molecule has 2 nitrogen and oxygen atoms in total. The fourth-order valence-electron chi connectivity index (χ4n) is 1.74. The molecular weight excluding hydrogens is 230 g/mol. The van der Waals surface area contributed by atoms with Crippen LogP contribution in [0.4, 0.5) is 10.7 Å². The van der Waals surface area contributed by atoms with Gasteiger partial charge in [-0.2, -0.15) is 0 Å². The zero-order valence-electron chi connectivity index (χ0n) is 10.0. The first-order chi connectivity index (χ1) is 8.24. The van der Waals surface area contributed by atoms with E-state index in [0.717, 1.165) is 28.4 Å². The number of thiophene rings is 1. The standard InChI is InChI=1S/C14H15NOS/c1-3-15(12-6-4-11(2)5-7-12)14-9-8-13(10-16)17-14/h4-10H,3H2,1-2H3. The quantitative estimate of drug-likeness (QED) is 0.758. The van der Waals surface area contributed by atoms with Crippen LogP contribution in [0, 0.1) is 6.92 Å². The van der Waals surface area contributed by atoms with Gasteiger partial charge in [-0.05, 0) is 38.1 Å². The Morgan fingerprint density at radius 2 is 1.88 bits per heavy atom. The van der Waals surface area contributed by atoms with Gasteiger partial charge in [0.25, 0.3) is 0 Å². The van der Waals surface area contributed by atoms with Gasteiger partial charge in [-0.15, -0.1) is 11.3 Å². The molecule has 88 valence electrons. The minimum Gasteiger partial charge on any atom is -0.334 e. The molecule has 0 fully saturated rings. The molecule has 1 heterocycles. The van der Waals surface area contributed by atoms with Gasteiger partial charge in [-0.25, -0.2) is 0 Å². The van der Waals surface area contributed by atoms with Gasteiger partial charge in [0, 0.05) is 12.2 Å². The smallest absolute Gasteiger partial charge is 0.160 e. The lowest BCUT2D eigenvalue weighted by Gasteiger charge is -2.21. The Balaban J connectivity index is 2.32. The molecule has 0 saturated heterocycles. The molecular formula is C14H15NOS. The SMILES string of the molecule is CCN(c1ccc(C)cc1)c1ccc(C=O)s1. The van der Waals surface area contributed by atoms with E-state index in [1.54, 1.807) is 0 Å². The molecule has 1 aromatic carbocycles. The number of aldehydes is 1. The minimum atomic E-state index is 0.769. The maximum absolute atomic E-state index is 10.7. The lowest BCUT2D eigenvalue weighted by molar-refractivity contribution is 0.112. The van der Waals surface area contributed by atoms with Gasteiger partial charge < -0.3 is 4.90 Å². The van der Waals surface area contributed by atoms with Crippen molar-refractivity contribution in [3.05, 3.63) is 46.8 Å². The number of anilines is 2. The Bertz CT molecular complexity index is 501. The van der Waals surface area contributed by atoms with Crippen molar-refractivity contribution in [1.82, 2.24) is 0 Å². The van der Waals surface area contributed by atoms with Crippen LogP contribution in [0.3, 0.4) is 0 Å². The minimum absolute atomic E-state index is 0.769. The van der Waals surface area contributed by atoms with E-state index in [1.807, 2.05) is 12.1 Å². The first-order valence-corrected chi connectivity index (χ1v) is 6.45. The molecule has 0 atom stereocenters. The van der Waals surface area contributed by atoms with Crippen LogP contribution in [-0.4, -0.2) is 12.8 Å². The summed E-state index contributed by atoms with van der Waals surface area (Å²) in [4.78, 5) is 13.7. The zero-order chi connectivity index (χ0) is 12.3. The molecule has 1 aromatic heterocycles. The summed E-state index contributed by atoms with van der Waals surface area (Å²) in [7, 11) is 0. The van der Waals surface area contributed by atoms with E-state index in [2.05, 4.69) is 43.0 Å². The third-order valence-electron chi connectivity index (χ3n) is 2.66. The van der Waals surface area contributed by atoms with Crippen LogP contribution in [0.5, 0.6) is 0 Å². The first-order valence-electron chi connectivity index (χ1n) is 5.64. The number of aryl methyl sites for hydroxylation is 1. The molecule has 0 aliphatic rings. The summed E-state index contributed by atoms with van der Waals surface area (Å²) in [5.41, 5.74) is 2.42. The zero-order valence-corrected chi connectivity index (χ0v) is 10.8. The van der Waals surface area contributed by atoms with Crippen LogP contribution < -0.4 is 4.90 Å². The van der Waals surface area contributed by atoms with Crippen molar-refractivity contribution in [3.8, 4) is 0 Å². The molecule has 0 aliphatic heterocycles. The molecule has 0 aliphatic carbocycles. The second kappa shape index (κ2) is 5.15. The van der Waals surface area contributed by atoms with E-state index >= 15 is 0 Å². The number of nitrogens with zero attached hydrogens (tertiary/aromatic N) is 1. The molecule has 0 bridgehead atoms. The summed E-state index contributed by atoms with van der Waals surface area (Å²) >= 11 is 1.52. The van der Waals surface area contributed by atoms with Gasteiger partial charge in [0.15, 0.2) is 6.29 Å². The topological polar surface area (TPSA) is 20.3 Å². The first kappa shape index (κ1) is 11.9. The van der Waals surface area contributed by atoms with Crippen molar-refractivity contribution in [3.63, 3.8) is 0 Å². The monoisotopic (exact) mass is 245 g/mol. The molecule has 2 aromatic rings. The highest BCUT2D eigenvalue weighted by atomic mass is 32.1. The average Bonchev–Trinajstić information content (AvgIpc) is 2.81. The van der Waals surface area contributed by atoms with E-state index in [4.69, 9.17) is 0 Å². The Hall–Kier alpha value is -1.61. The number of hydrogen-bond acceptors (Lipinski definition) is 3. The molecule has 0 amide bonds. The van der Waals surface area contributed by atoms with Gasteiger partial charge in [-0.3, -0.25) is 4.79 Å². The van der Waals surface area contributed by atoms with Gasteiger partial charge >= 0.3 is 0 Å². The molecule has 0 radical (unpaired) electrons. The Morgan fingerprint density at radius 3 is 2.41 bits per heavy atom. The summed E-state index contributed by atoms with van der Waals surface area (Å²) in [5, 5.41) is 1.11. The molecule has 17 heavy (non-hydrogen) atoms. The van der Waals surface area contributed by atoms with E-state index in [9.17, 15) is 4.79 Å². The Morgan fingerprint density at radius 1 is 1.18 bits per heavy atom. The predicted molar refractivity (Wildman–Crippen MR) is 73.6 cm³/mol. The highest BCUT2D eigenvalue weighted by molar-refractivity contribution is 7.17. The third-order valence-corrected chi connectivity index (χ3v) is 3.69. The molecule has 3 heteroatoms. The van der Waals surface area contributed by atoms with Crippen molar-refractivity contribution in [2.24, 2.45) is 0 Å². The van der Waals surface area contributed by atoms with Crippen molar-refractivity contribution in [2.45, 2.75) is 13.8 Å². The van der Waals surface area contributed by atoms with Gasteiger partial charge in [0.2, 0.25) is 0 Å². The van der Waals surface area contributed by atoms with Gasteiger partial charge in [0.05, 0.1) is 9.88 Å². The number of carbonyl (C=O) groups is 1. The third kappa shape index (κ3) is 2.56. The van der Waals surface area contributed by atoms with Gasteiger partial charge in [-0.1, -0.05) is 17.7 Å². The lowest BCUT2D eigenvalue weighted by Crippen LogP contribution is -2.14. The maximum atomic E-state index is 10.7. The largest absolute Gasteiger partial charge is 0.334 e. The summed E-state index contributed by atoms with van der Waals surface area (Å²) in [5.74, 6) is 0. The summed E-state index contributed by atoms with van der Waals surface area (Å²) in [6, 6.07) is 12.3. The van der Waals surface area contributed by atoms with Crippen LogP contribution in [0.25, 0.3) is 0 Å². The maximum Gasteiger partial charge on any atom is 0.160 e. The second-order valence-electron chi connectivity index (χ2n) is 3.87. The molecule has 0 spiro atoms. The molecule has 0 unspecified atom stereocenters. The van der Waals surface area contributed by atoms with E-state index < -0.39 is 0 Å². The van der Waals surface area contributed by atoms with Crippen LogP contribution in [0.15, 0.2) is 36.4 Å². The number of carbonyl (C=O) groups excluding carboxylic acids is 1. The van der Waals surface area contributed by atoms with Crippen LogP contribution in [0.1, 0.15) is 22.2 Å². The Kier molecular flexibility index (Phi) is 3.59. The van der Waals surface area contributed by atoms with E-state index in [0.29, 0.717) is 0 Å². The van der Waals surface area contributed by atoms with Crippen molar-refractivity contribution in [1.29, 1.82) is 0 Å². The predicted octanol–water partition coefficient (Wildman–Crippen LogP) is 4.03. The number of hydrogen-bond donors (Lipinski definition) is 0. The summed E-state index contributed by atoms with van der Waals surface area (Å²) < 4.78 is 0. The normalized spacial score (nSPS) is 10.2. The van der Waals surface area contributed by atoms with E-state index in [-0.39, 0.29) is 0 Å². The number of benzene rings is 1. The van der Waals surface area contributed by atoms with Gasteiger partial charge in [0.1, 0.15) is 0 Å². The Labute approximate surface area is 106 Å². The summed E-state index contributed by atoms with van der Waals surface area (Å²) in [6.07, 6.45) is 0.900.